The van der Waals surface area contributed by atoms with Crippen molar-refractivity contribution in [1.29, 1.82) is 0 Å². The normalized spacial score (nSPS) is 18.9. The van der Waals surface area contributed by atoms with Crippen molar-refractivity contribution >= 4 is 11.6 Å². The van der Waals surface area contributed by atoms with Crippen LogP contribution in [0.2, 0.25) is 0 Å². The van der Waals surface area contributed by atoms with Gasteiger partial charge in [-0.1, -0.05) is 0 Å². The molecule has 8 heteroatoms. The summed E-state index contributed by atoms with van der Waals surface area (Å²) < 4.78 is 8.40. The molecule has 0 aliphatic carbocycles. The van der Waals surface area contributed by atoms with Gasteiger partial charge in [0.2, 0.25) is 11.8 Å². The monoisotopic (exact) mass is 432 g/mol. The molecule has 1 aromatic carbocycles. The van der Waals surface area contributed by atoms with Crippen molar-refractivity contribution in [2.45, 2.75) is 51.6 Å². The number of carbonyl (C=O) groups excluding carboxylic acids is 1. The number of aromatic nitrogens is 4. The highest BCUT2D eigenvalue weighted by molar-refractivity contribution is 5.95. The average Bonchev–Trinajstić information content (AvgIpc) is 3.30. The van der Waals surface area contributed by atoms with E-state index in [-0.39, 0.29) is 11.9 Å². The van der Waals surface area contributed by atoms with Crippen LogP contribution >= 0.6 is 0 Å². The van der Waals surface area contributed by atoms with Gasteiger partial charge in [-0.2, -0.15) is 5.10 Å². The van der Waals surface area contributed by atoms with Crippen LogP contribution in [0.4, 0.5) is 5.69 Å². The summed E-state index contributed by atoms with van der Waals surface area (Å²) in [4.78, 5) is 22.7. The lowest BCUT2D eigenvalue weighted by molar-refractivity contribution is -0.117. The van der Waals surface area contributed by atoms with Crippen LogP contribution in [0.3, 0.4) is 0 Å². The van der Waals surface area contributed by atoms with E-state index in [0.29, 0.717) is 11.9 Å². The van der Waals surface area contributed by atoms with E-state index in [1.54, 1.807) is 25.5 Å². The van der Waals surface area contributed by atoms with Crippen LogP contribution in [-0.2, 0) is 11.2 Å². The number of rotatable bonds is 4. The Bertz CT molecular complexity index is 1110. The van der Waals surface area contributed by atoms with Crippen molar-refractivity contribution in [2.24, 2.45) is 0 Å². The lowest BCUT2D eigenvalue weighted by Gasteiger charge is -2.35. The number of anilines is 1. The van der Waals surface area contributed by atoms with Crippen LogP contribution in [-0.4, -0.2) is 44.8 Å². The molecule has 3 aromatic rings. The second-order valence-corrected chi connectivity index (χ2v) is 8.55. The summed E-state index contributed by atoms with van der Waals surface area (Å²) in [6.45, 7) is 5.73. The first-order valence-corrected chi connectivity index (χ1v) is 11.3. The summed E-state index contributed by atoms with van der Waals surface area (Å²) in [5, 5.41) is 8.08. The zero-order chi connectivity index (χ0) is 22.1. The summed E-state index contributed by atoms with van der Waals surface area (Å²) in [6, 6.07) is 4.62. The minimum atomic E-state index is 0.0374. The molecule has 1 fully saturated rings. The molecule has 1 atom stereocenters. The van der Waals surface area contributed by atoms with Gasteiger partial charge in [0.25, 0.3) is 0 Å². The lowest BCUT2D eigenvalue weighted by atomic mass is 9.92. The smallest absolute Gasteiger partial charge is 0.237 e. The third-order valence-electron chi connectivity index (χ3n) is 6.43. The number of hydrogen-bond donors (Lipinski definition) is 1. The molecule has 0 spiro atoms. The molecule has 32 heavy (non-hydrogen) atoms. The fourth-order valence-electron chi connectivity index (χ4n) is 4.82. The van der Waals surface area contributed by atoms with E-state index in [1.807, 2.05) is 23.2 Å². The van der Waals surface area contributed by atoms with Gasteiger partial charge in [-0.15, -0.1) is 0 Å². The molecular formula is C24H28N6O2. The SMILES string of the molecule is CC(=O)N1c2ccc(-c3cnn(C4CCNCC4)c3)c(Oc3cnccn3)c2CCC1C. The van der Waals surface area contributed by atoms with E-state index in [9.17, 15) is 4.79 Å². The Kier molecular flexibility index (Phi) is 5.61. The van der Waals surface area contributed by atoms with Crippen LogP contribution in [0.25, 0.3) is 11.1 Å². The minimum absolute atomic E-state index is 0.0374. The van der Waals surface area contributed by atoms with Gasteiger partial charge >= 0.3 is 0 Å². The number of ether oxygens (including phenoxy) is 1. The molecule has 1 unspecified atom stereocenters. The number of amides is 1. The predicted octanol–water partition coefficient (Wildman–Crippen LogP) is 3.74. The van der Waals surface area contributed by atoms with E-state index in [1.165, 1.54) is 0 Å². The van der Waals surface area contributed by atoms with Crippen molar-refractivity contribution in [1.82, 2.24) is 25.1 Å². The van der Waals surface area contributed by atoms with Crippen LogP contribution in [0.15, 0.2) is 43.1 Å². The maximum absolute atomic E-state index is 12.4. The lowest BCUT2D eigenvalue weighted by Crippen LogP contribution is -2.40. The molecular weight excluding hydrogens is 404 g/mol. The van der Waals surface area contributed by atoms with E-state index in [2.05, 4.69) is 38.2 Å². The van der Waals surface area contributed by atoms with E-state index < -0.39 is 0 Å². The molecule has 0 bridgehead atoms. The summed E-state index contributed by atoms with van der Waals surface area (Å²) in [7, 11) is 0. The van der Waals surface area contributed by atoms with Crippen LogP contribution < -0.4 is 15.0 Å². The first kappa shape index (κ1) is 20.6. The number of benzene rings is 1. The molecule has 8 nitrogen and oxygen atoms in total. The van der Waals surface area contributed by atoms with Gasteiger partial charge < -0.3 is 15.0 Å². The van der Waals surface area contributed by atoms with E-state index in [4.69, 9.17) is 4.74 Å². The largest absolute Gasteiger partial charge is 0.436 e. The molecule has 0 saturated carbocycles. The molecule has 1 N–H and O–H groups in total. The van der Waals surface area contributed by atoms with Crippen molar-refractivity contribution in [3.05, 3.63) is 48.7 Å². The van der Waals surface area contributed by atoms with E-state index in [0.717, 1.165) is 66.9 Å². The number of carbonyl (C=O) groups is 1. The number of nitrogens with zero attached hydrogens (tertiary/aromatic N) is 5. The quantitative estimate of drug-likeness (QED) is 0.676. The van der Waals surface area contributed by atoms with Gasteiger partial charge in [-0.25, -0.2) is 4.98 Å². The van der Waals surface area contributed by atoms with Gasteiger partial charge in [0.15, 0.2) is 0 Å². The number of nitrogens with one attached hydrogen (secondary N) is 1. The first-order valence-electron chi connectivity index (χ1n) is 11.3. The van der Waals surface area contributed by atoms with Crippen molar-refractivity contribution in [3.8, 4) is 22.8 Å². The molecule has 1 amide bonds. The topological polar surface area (TPSA) is 85.2 Å². The molecule has 2 aliphatic heterocycles. The molecule has 2 aromatic heterocycles. The Morgan fingerprint density at radius 1 is 1.16 bits per heavy atom. The van der Waals surface area contributed by atoms with Gasteiger partial charge in [0.05, 0.1) is 24.1 Å². The van der Waals surface area contributed by atoms with Gasteiger partial charge in [0.1, 0.15) is 5.75 Å². The minimum Gasteiger partial charge on any atom is -0.436 e. The van der Waals surface area contributed by atoms with Crippen LogP contribution in [0.5, 0.6) is 11.6 Å². The fourth-order valence-corrected chi connectivity index (χ4v) is 4.82. The first-order chi connectivity index (χ1) is 15.6. The Hall–Kier alpha value is -3.26. The summed E-state index contributed by atoms with van der Waals surface area (Å²) in [5.74, 6) is 1.20. The maximum atomic E-state index is 12.4. The average molecular weight is 433 g/mol. The molecule has 0 radical (unpaired) electrons. The molecule has 2 aliphatic rings. The van der Waals surface area contributed by atoms with Crippen molar-refractivity contribution < 1.29 is 9.53 Å². The Balaban J connectivity index is 1.59. The van der Waals surface area contributed by atoms with E-state index >= 15 is 0 Å². The Labute approximate surface area is 187 Å². The Morgan fingerprint density at radius 3 is 2.75 bits per heavy atom. The predicted molar refractivity (Wildman–Crippen MR) is 122 cm³/mol. The van der Waals surface area contributed by atoms with Crippen LogP contribution in [0.1, 0.15) is 44.7 Å². The van der Waals surface area contributed by atoms with Gasteiger partial charge in [-0.3, -0.25) is 14.5 Å². The zero-order valence-corrected chi connectivity index (χ0v) is 18.5. The van der Waals surface area contributed by atoms with Crippen LogP contribution in [0, 0.1) is 0 Å². The second kappa shape index (κ2) is 8.70. The third kappa shape index (κ3) is 3.86. The number of piperidine rings is 1. The Morgan fingerprint density at radius 2 is 2.00 bits per heavy atom. The summed E-state index contributed by atoms with van der Waals surface area (Å²) in [5.41, 5.74) is 3.88. The number of hydrogen-bond acceptors (Lipinski definition) is 6. The molecule has 4 heterocycles. The summed E-state index contributed by atoms with van der Waals surface area (Å²) in [6.07, 6.45) is 12.7. The van der Waals surface area contributed by atoms with Crippen molar-refractivity contribution in [3.63, 3.8) is 0 Å². The fraction of sp³-hybridized carbons (Fsp3) is 0.417. The third-order valence-corrected chi connectivity index (χ3v) is 6.43. The standard InChI is InChI=1S/C24H28N6O2/c1-16-3-4-21-22(30(16)17(2)31)6-5-20(24(21)32-23-14-26-11-12-27-23)18-13-28-29(15-18)19-7-9-25-10-8-19/h5-6,11-16,19,25H,3-4,7-10H2,1-2H3. The maximum Gasteiger partial charge on any atom is 0.237 e. The highest BCUT2D eigenvalue weighted by Gasteiger charge is 2.30. The van der Waals surface area contributed by atoms with Crippen molar-refractivity contribution in [2.75, 3.05) is 18.0 Å². The number of fused-ring (bicyclic) bond motifs is 1. The van der Waals surface area contributed by atoms with Gasteiger partial charge in [-0.05, 0) is 57.8 Å². The zero-order valence-electron chi connectivity index (χ0n) is 18.5. The summed E-state index contributed by atoms with van der Waals surface area (Å²) >= 11 is 0. The highest BCUT2D eigenvalue weighted by atomic mass is 16.5. The van der Waals surface area contributed by atoms with Gasteiger partial charge in [0, 0.05) is 48.2 Å². The second-order valence-electron chi connectivity index (χ2n) is 8.55. The molecule has 166 valence electrons. The highest BCUT2D eigenvalue weighted by Crippen LogP contribution is 2.44. The molecule has 1 saturated heterocycles. The molecule has 5 rings (SSSR count).